The van der Waals surface area contributed by atoms with Crippen LogP contribution in [0.1, 0.15) is 0 Å². The van der Waals surface area contributed by atoms with Gasteiger partial charge in [-0.3, -0.25) is 4.79 Å². The number of anilines is 1. The number of rotatable bonds is 3. The third kappa shape index (κ3) is 2.43. The number of thioether (sulfide) groups is 1. The molecule has 1 N–H and O–H groups in total. The van der Waals surface area contributed by atoms with E-state index in [4.69, 9.17) is 0 Å². The molecule has 1 aromatic heterocycles. The Morgan fingerprint density at radius 1 is 1.32 bits per heavy atom. The number of nitrogens with zero attached hydrogens (tertiary/aromatic N) is 1. The van der Waals surface area contributed by atoms with Gasteiger partial charge in [0, 0.05) is 5.39 Å². The van der Waals surface area contributed by atoms with Gasteiger partial charge in [0.25, 0.3) is 0 Å². The molecule has 0 fully saturated rings. The van der Waals surface area contributed by atoms with Crippen LogP contribution in [-0.4, -0.2) is 22.9 Å². The van der Waals surface area contributed by atoms with E-state index < -0.39 is 0 Å². The first kappa shape index (κ1) is 12.4. The van der Waals surface area contributed by atoms with E-state index in [0.29, 0.717) is 10.9 Å². The Morgan fingerprint density at radius 2 is 2.16 bits per heavy atom. The zero-order valence-corrected chi connectivity index (χ0v) is 12.0. The molecule has 3 rings (SSSR count). The molecule has 19 heavy (non-hydrogen) atoms. The minimum Gasteiger partial charge on any atom is -0.301 e. The minimum atomic E-state index is -0.00383. The van der Waals surface area contributed by atoms with Crippen molar-refractivity contribution in [3.63, 3.8) is 0 Å². The molecular weight excluding hydrogens is 276 g/mol. The van der Waals surface area contributed by atoms with Crippen LogP contribution in [0.25, 0.3) is 21.0 Å². The number of hydrogen-bond donors (Lipinski definition) is 1. The van der Waals surface area contributed by atoms with Gasteiger partial charge in [-0.05, 0) is 17.7 Å². The molecule has 0 bridgehead atoms. The Labute approximate surface area is 119 Å². The number of benzene rings is 2. The van der Waals surface area contributed by atoms with Crippen LogP contribution in [0.15, 0.2) is 36.4 Å². The highest BCUT2D eigenvalue weighted by Gasteiger charge is 2.09. The highest BCUT2D eigenvalue weighted by molar-refractivity contribution is 7.99. The number of hydrogen-bond acceptors (Lipinski definition) is 4. The minimum absolute atomic E-state index is 0.00383. The predicted octanol–water partition coefficient (Wildman–Crippen LogP) is 3.75. The molecule has 0 spiro atoms. The number of fused-ring (bicyclic) bond motifs is 3. The molecule has 96 valence electrons. The van der Waals surface area contributed by atoms with Crippen molar-refractivity contribution in [1.29, 1.82) is 0 Å². The second-order valence-electron chi connectivity index (χ2n) is 4.13. The number of thiazole rings is 1. The summed E-state index contributed by atoms with van der Waals surface area (Å²) in [6.45, 7) is 0. The van der Waals surface area contributed by atoms with Crippen LogP contribution >= 0.6 is 23.1 Å². The predicted molar refractivity (Wildman–Crippen MR) is 84.1 cm³/mol. The van der Waals surface area contributed by atoms with Crippen LogP contribution in [0.4, 0.5) is 5.13 Å². The molecule has 0 saturated carbocycles. The van der Waals surface area contributed by atoms with Crippen LogP contribution in [-0.2, 0) is 4.79 Å². The third-order valence-electron chi connectivity index (χ3n) is 2.81. The molecule has 0 saturated heterocycles. The molecule has 3 aromatic rings. The fourth-order valence-electron chi connectivity index (χ4n) is 2.00. The first-order valence-corrected chi connectivity index (χ1v) is 8.06. The fraction of sp³-hybridized carbons (Fsp3) is 0.143. The van der Waals surface area contributed by atoms with E-state index in [1.165, 1.54) is 28.5 Å². The summed E-state index contributed by atoms with van der Waals surface area (Å²) < 4.78 is 1.10. The second-order valence-corrected chi connectivity index (χ2v) is 6.03. The van der Waals surface area contributed by atoms with Gasteiger partial charge in [-0.25, -0.2) is 4.98 Å². The first-order chi connectivity index (χ1) is 9.28. The summed E-state index contributed by atoms with van der Waals surface area (Å²) in [4.78, 5) is 16.1. The monoisotopic (exact) mass is 288 g/mol. The number of aromatic nitrogens is 1. The van der Waals surface area contributed by atoms with Crippen molar-refractivity contribution in [3.05, 3.63) is 36.4 Å². The van der Waals surface area contributed by atoms with Crippen LogP contribution in [0.5, 0.6) is 0 Å². The van der Waals surface area contributed by atoms with Crippen molar-refractivity contribution < 1.29 is 4.79 Å². The van der Waals surface area contributed by atoms with Crippen molar-refractivity contribution in [2.45, 2.75) is 0 Å². The SMILES string of the molecule is CSCC(=O)Nc1nc2c(ccc3ccccc32)s1. The molecule has 2 aromatic carbocycles. The van der Waals surface area contributed by atoms with Crippen LogP contribution in [0.3, 0.4) is 0 Å². The van der Waals surface area contributed by atoms with Gasteiger partial charge in [0.2, 0.25) is 5.91 Å². The molecule has 0 aliphatic rings. The van der Waals surface area contributed by atoms with Crippen molar-refractivity contribution >= 4 is 55.1 Å². The van der Waals surface area contributed by atoms with Gasteiger partial charge >= 0.3 is 0 Å². The second kappa shape index (κ2) is 5.19. The lowest BCUT2D eigenvalue weighted by molar-refractivity contribution is -0.113. The highest BCUT2D eigenvalue weighted by atomic mass is 32.2. The highest BCUT2D eigenvalue weighted by Crippen LogP contribution is 2.31. The van der Waals surface area contributed by atoms with Crippen molar-refractivity contribution in [2.24, 2.45) is 0 Å². The van der Waals surface area contributed by atoms with E-state index in [0.717, 1.165) is 15.6 Å². The molecular formula is C14H12N2OS2. The van der Waals surface area contributed by atoms with Crippen molar-refractivity contribution in [1.82, 2.24) is 4.98 Å². The molecule has 0 aliphatic carbocycles. The van der Waals surface area contributed by atoms with E-state index in [2.05, 4.69) is 34.6 Å². The molecule has 0 unspecified atom stereocenters. The van der Waals surface area contributed by atoms with E-state index in [-0.39, 0.29) is 5.91 Å². The average Bonchev–Trinajstić information content (AvgIpc) is 2.81. The Hall–Kier alpha value is -1.59. The fourth-order valence-corrected chi connectivity index (χ4v) is 3.23. The van der Waals surface area contributed by atoms with Crippen LogP contribution in [0.2, 0.25) is 0 Å². The summed E-state index contributed by atoms with van der Waals surface area (Å²) in [5.74, 6) is 0.451. The Balaban J connectivity index is 2.05. The van der Waals surface area contributed by atoms with Gasteiger partial charge in [-0.1, -0.05) is 41.7 Å². The largest absolute Gasteiger partial charge is 0.301 e. The van der Waals surface area contributed by atoms with Gasteiger partial charge in [0.15, 0.2) is 5.13 Å². The lowest BCUT2D eigenvalue weighted by Crippen LogP contribution is -2.13. The zero-order valence-electron chi connectivity index (χ0n) is 10.3. The summed E-state index contributed by atoms with van der Waals surface area (Å²) in [7, 11) is 0. The van der Waals surface area contributed by atoms with Gasteiger partial charge in [0.1, 0.15) is 0 Å². The Bertz CT molecular complexity index is 751. The molecule has 3 nitrogen and oxygen atoms in total. The van der Waals surface area contributed by atoms with Crippen molar-refractivity contribution in [2.75, 3.05) is 17.3 Å². The first-order valence-electron chi connectivity index (χ1n) is 5.85. The summed E-state index contributed by atoms with van der Waals surface area (Å²) in [5, 5.41) is 5.81. The maximum Gasteiger partial charge on any atom is 0.236 e. The topological polar surface area (TPSA) is 42.0 Å². The smallest absolute Gasteiger partial charge is 0.236 e. The lowest BCUT2D eigenvalue weighted by atomic mass is 10.1. The number of amides is 1. The summed E-state index contributed by atoms with van der Waals surface area (Å²) in [6.07, 6.45) is 1.91. The number of nitrogens with one attached hydrogen (secondary N) is 1. The molecule has 0 radical (unpaired) electrons. The summed E-state index contributed by atoms with van der Waals surface area (Å²) in [6, 6.07) is 12.3. The lowest BCUT2D eigenvalue weighted by Gasteiger charge is -1.97. The van der Waals surface area contributed by atoms with E-state index in [9.17, 15) is 4.79 Å². The molecule has 5 heteroatoms. The van der Waals surface area contributed by atoms with Crippen LogP contribution < -0.4 is 5.32 Å². The summed E-state index contributed by atoms with van der Waals surface area (Å²) in [5.41, 5.74) is 0.961. The normalized spacial score (nSPS) is 11.0. The van der Waals surface area contributed by atoms with Gasteiger partial charge in [-0.2, -0.15) is 11.8 Å². The average molecular weight is 288 g/mol. The summed E-state index contributed by atoms with van der Waals surface area (Å²) >= 11 is 3.02. The Morgan fingerprint density at radius 3 is 3.00 bits per heavy atom. The quantitative estimate of drug-likeness (QED) is 0.798. The van der Waals surface area contributed by atoms with E-state index in [1.807, 2.05) is 18.4 Å². The number of carbonyl (C=O) groups excluding carboxylic acids is 1. The van der Waals surface area contributed by atoms with Gasteiger partial charge in [0.05, 0.1) is 16.0 Å². The molecule has 1 amide bonds. The molecule has 1 heterocycles. The maximum absolute atomic E-state index is 11.6. The van der Waals surface area contributed by atoms with E-state index >= 15 is 0 Å². The number of carbonyl (C=O) groups is 1. The van der Waals surface area contributed by atoms with Crippen molar-refractivity contribution in [3.8, 4) is 0 Å². The molecule has 0 aliphatic heterocycles. The zero-order chi connectivity index (χ0) is 13.2. The third-order valence-corrected chi connectivity index (χ3v) is 4.29. The van der Waals surface area contributed by atoms with Gasteiger partial charge in [-0.15, -0.1) is 0 Å². The van der Waals surface area contributed by atoms with Gasteiger partial charge < -0.3 is 5.32 Å². The standard InChI is InChI=1S/C14H12N2OS2/c1-18-8-12(17)15-14-16-13-10-5-3-2-4-9(10)6-7-11(13)19-14/h2-7H,8H2,1H3,(H,15,16,17). The van der Waals surface area contributed by atoms with Crippen LogP contribution in [0, 0.1) is 0 Å². The molecule has 0 atom stereocenters. The maximum atomic E-state index is 11.6. The van der Waals surface area contributed by atoms with E-state index in [1.54, 1.807) is 0 Å². The Kier molecular flexibility index (Phi) is 3.40.